The molecule has 23 heavy (non-hydrogen) atoms. The van der Waals surface area contributed by atoms with E-state index in [1.54, 1.807) is 6.20 Å². The first-order chi connectivity index (χ1) is 11.0. The van der Waals surface area contributed by atoms with Gasteiger partial charge >= 0.3 is 0 Å². The third-order valence-corrected chi connectivity index (χ3v) is 4.53. The van der Waals surface area contributed by atoms with Crippen molar-refractivity contribution in [3.8, 4) is 10.4 Å². The van der Waals surface area contributed by atoms with Crippen molar-refractivity contribution in [3.05, 3.63) is 76.4 Å². The van der Waals surface area contributed by atoms with Gasteiger partial charge in [-0.25, -0.2) is 13.8 Å². The molecule has 0 aliphatic rings. The minimum absolute atomic E-state index is 0.218. The molecule has 5 heteroatoms. The summed E-state index contributed by atoms with van der Waals surface area (Å²) in [7, 11) is 0. The molecule has 0 fully saturated rings. The number of Topliss-reactive ketones (excluding diaryl/α,β-unsaturated/α-hetero) is 1. The van der Waals surface area contributed by atoms with Gasteiger partial charge in [0, 0.05) is 18.2 Å². The van der Waals surface area contributed by atoms with Crippen molar-refractivity contribution in [3.63, 3.8) is 0 Å². The Balaban J connectivity index is 1.84. The summed E-state index contributed by atoms with van der Waals surface area (Å²) in [5.74, 6) is -1.82. The second kappa shape index (κ2) is 6.38. The maximum Gasteiger partial charge on any atom is 0.195 e. The Morgan fingerprint density at radius 2 is 1.83 bits per heavy atom. The van der Waals surface area contributed by atoms with Crippen LogP contribution in [-0.2, 0) is 6.42 Å². The Morgan fingerprint density at radius 1 is 1.13 bits per heavy atom. The van der Waals surface area contributed by atoms with E-state index in [9.17, 15) is 13.6 Å². The number of carbonyl (C=O) groups excluding carboxylic acids is 1. The highest BCUT2D eigenvalue weighted by Crippen LogP contribution is 2.27. The molecule has 3 rings (SSSR count). The third kappa shape index (κ3) is 3.35. The molecule has 2 nitrogen and oxygen atoms in total. The van der Waals surface area contributed by atoms with Gasteiger partial charge in [-0.15, -0.1) is 11.3 Å². The zero-order chi connectivity index (χ0) is 16.4. The Labute approximate surface area is 136 Å². The van der Waals surface area contributed by atoms with E-state index in [4.69, 9.17) is 0 Å². The number of rotatable bonds is 4. The minimum atomic E-state index is -0.714. The predicted octanol–water partition coefficient (Wildman–Crippen LogP) is 4.82. The standard InChI is InChI=1S/C18H13F2NOS/c1-11-4-2-5-12(8-11)17-10-21-18(23-17)16(22)9-13-14(19)6-3-7-15(13)20/h2-8,10H,9H2,1H3. The highest BCUT2D eigenvalue weighted by molar-refractivity contribution is 7.17. The molecule has 0 aliphatic heterocycles. The average Bonchev–Trinajstić information content (AvgIpc) is 3.01. The van der Waals surface area contributed by atoms with E-state index in [0.717, 1.165) is 28.1 Å². The smallest absolute Gasteiger partial charge is 0.195 e. The largest absolute Gasteiger partial charge is 0.291 e. The Kier molecular flexibility index (Phi) is 4.30. The maximum absolute atomic E-state index is 13.6. The van der Waals surface area contributed by atoms with Crippen LogP contribution in [0.15, 0.2) is 48.7 Å². The van der Waals surface area contributed by atoms with Crippen molar-refractivity contribution in [2.75, 3.05) is 0 Å². The number of aryl methyl sites for hydroxylation is 1. The summed E-state index contributed by atoms with van der Waals surface area (Å²) < 4.78 is 27.3. The molecule has 0 atom stereocenters. The van der Waals surface area contributed by atoms with Crippen molar-refractivity contribution in [2.24, 2.45) is 0 Å². The fourth-order valence-corrected chi connectivity index (χ4v) is 3.12. The maximum atomic E-state index is 13.6. The van der Waals surface area contributed by atoms with Crippen LogP contribution in [0.2, 0.25) is 0 Å². The van der Waals surface area contributed by atoms with E-state index in [-0.39, 0.29) is 17.0 Å². The van der Waals surface area contributed by atoms with Crippen molar-refractivity contribution in [2.45, 2.75) is 13.3 Å². The highest BCUT2D eigenvalue weighted by Gasteiger charge is 2.17. The number of carbonyl (C=O) groups is 1. The zero-order valence-corrected chi connectivity index (χ0v) is 13.2. The lowest BCUT2D eigenvalue weighted by molar-refractivity contribution is 0.0990. The van der Waals surface area contributed by atoms with Crippen molar-refractivity contribution in [1.82, 2.24) is 4.98 Å². The lowest BCUT2D eigenvalue weighted by Gasteiger charge is -2.02. The number of hydrogen-bond donors (Lipinski definition) is 0. The number of ketones is 1. The topological polar surface area (TPSA) is 30.0 Å². The van der Waals surface area contributed by atoms with Crippen molar-refractivity contribution >= 4 is 17.1 Å². The molecule has 0 bridgehead atoms. The summed E-state index contributed by atoms with van der Waals surface area (Å²) >= 11 is 1.23. The summed E-state index contributed by atoms with van der Waals surface area (Å²) in [5, 5.41) is 0.254. The zero-order valence-electron chi connectivity index (χ0n) is 12.3. The Morgan fingerprint density at radius 3 is 2.52 bits per heavy atom. The fraction of sp³-hybridized carbons (Fsp3) is 0.111. The number of benzene rings is 2. The molecular weight excluding hydrogens is 316 g/mol. The number of aromatic nitrogens is 1. The van der Waals surface area contributed by atoms with Gasteiger partial charge in [0.15, 0.2) is 10.8 Å². The average molecular weight is 329 g/mol. The first kappa shape index (κ1) is 15.5. The molecule has 3 aromatic rings. The van der Waals surface area contributed by atoms with Gasteiger partial charge in [-0.3, -0.25) is 4.79 Å². The minimum Gasteiger partial charge on any atom is -0.291 e. The van der Waals surface area contributed by atoms with Gasteiger partial charge in [-0.05, 0) is 24.6 Å². The predicted molar refractivity (Wildman–Crippen MR) is 86.7 cm³/mol. The molecule has 0 saturated heterocycles. The van der Waals surface area contributed by atoms with Gasteiger partial charge in [0.25, 0.3) is 0 Å². The van der Waals surface area contributed by atoms with Gasteiger partial charge in [-0.1, -0.05) is 35.9 Å². The number of thiazole rings is 1. The van der Waals surface area contributed by atoms with Crippen LogP contribution in [0, 0.1) is 18.6 Å². The van der Waals surface area contributed by atoms with Gasteiger partial charge in [0.1, 0.15) is 11.6 Å². The van der Waals surface area contributed by atoms with Crippen LogP contribution in [0.25, 0.3) is 10.4 Å². The second-order valence-corrected chi connectivity index (χ2v) is 6.23. The fourth-order valence-electron chi connectivity index (χ4n) is 2.27. The lowest BCUT2D eigenvalue weighted by atomic mass is 10.1. The number of hydrogen-bond acceptors (Lipinski definition) is 3. The van der Waals surface area contributed by atoms with E-state index in [1.165, 1.54) is 17.4 Å². The highest BCUT2D eigenvalue weighted by atomic mass is 32.1. The summed E-state index contributed by atoms with van der Waals surface area (Å²) in [6.45, 7) is 1.98. The van der Waals surface area contributed by atoms with Crippen molar-refractivity contribution < 1.29 is 13.6 Å². The van der Waals surface area contributed by atoms with Crippen LogP contribution in [-0.4, -0.2) is 10.8 Å². The van der Waals surface area contributed by atoms with Gasteiger partial charge in [0.05, 0.1) is 4.88 Å². The third-order valence-electron chi connectivity index (χ3n) is 3.45. The van der Waals surface area contributed by atoms with E-state index < -0.39 is 17.4 Å². The summed E-state index contributed by atoms with van der Waals surface area (Å²) in [5.41, 5.74) is 1.86. The molecule has 1 heterocycles. The molecule has 0 aliphatic carbocycles. The monoisotopic (exact) mass is 329 g/mol. The summed E-state index contributed by atoms with van der Waals surface area (Å²) in [4.78, 5) is 17.2. The van der Waals surface area contributed by atoms with E-state index in [0.29, 0.717) is 0 Å². The Hall–Kier alpha value is -2.40. The van der Waals surface area contributed by atoms with Crippen LogP contribution in [0.3, 0.4) is 0 Å². The van der Waals surface area contributed by atoms with Crippen LogP contribution in [0.5, 0.6) is 0 Å². The van der Waals surface area contributed by atoms with E-state index in [1.807, 2.05) is 31.2 Å². The molecule has 0 amide bonds. The molecule has 0 unspecified atom stereocenters. The first-order valence-electron chi connectivity index (χ1n) is 7.03. The molecule has 2 aromatic carbocycles. The SMILES string of the molecule is Cc1cccc(-c2cnc(C(=O)Cc3c(F)cccc3F)s2)c1. The quantitative estimate of drug-likeness (QED) is 0.642. The van der Waals surface area contributed by atoms with E-state index >= 15 is 0 Å². The van der Waals surface area contributed by atoms with E-state index in [2.05, 4.69) is 4.98 Å². The van der Waals surface area contributed by atoms with Crippen LogP contribution in [0.1, 0.15) is 20.9 Å². The first-order valence-corrected chi connectivity index (χ1v) is 7.85. The second-order valence-electron chi connectivity index (χ2n) is 5.20. The van der Waals surface area contributed by atoms with Crippen LogP contribution >= 0.6 is 11.3 Å². The molecule has 0 spiro atoms. The molecular formula is C18H13F2NOS. The van der Waals surface area contributed by atoms with Crippen LogP contribution in [0.4, 0.5) is 8.78 Å². The van der Waals surface area contributed by atoms with Crippen molar-refractivity contribution in [1.29, 1.82) is 0 Å². The van der Waals surface area contributed by atoms with Gasteiger partial charge in [-0.2, -0.15) is 0 Å². The number of nitrogens with zero attached hydrogens (tertiary/aromatic N) is 1. The molecule has 0 saturated carbocycles. The lowest BCUT2D eigenvalue weighted by Crippen LogP contribution is -2.06. The molecule has 0 radical (unpaired) electrons. The number of halogens is 2. The molecule has 0 N–H and O–H groups in total. The van der Waals surface area contributed by atoms with Gasteiger partial charge in [0.2, 0.25) is 0 Å². The summed E-state index contributed by atoms with van der Waals surface area (Å²) in [6, 6.07) is 11.4. The van der Waals surface area contributed by atoms with Gasteiger partial charge < -0.3 is 0 Å². The molecule has 1 aromatic heterocycles. The normalized spacial score (nSPS) is 10.7. The summed E-state index contributed by atoms with van der Waals surface area (Å²) in [6.07, 6.45) is 1.28. The molecule has 116 valence electrons. The Bertz CT molecular complexity index is 853. The van der Waals surface area contributed by atoms with Crippen LogP contribution < -0.4 is 0 Å².